The Bertz CT molecular complexity index is 978. The van der Waals surface area contributed by atoms with Gasteiger partial charge in [-0.3, -0.25) is 4.79 Å². The number of ether oxygens (including phenoxy) is 1. The molecule has 3 nitrogen and oxygen atoms in total. The number of hydrogen-bond acceptors (Lipinski definition) is 2. The van der Waals surface area contributed by atoms with E-state index < -0.39 is 28.9 Å². The molecule has 0 N–H and O–H groups in total. The molecule has 178 valence electrons. The number of rotatable bonds is 5. The predicted octanol–water partition coefficient (Wildman–Crippen LogP) is 6.07. The van der Waals surface area contributed by atoms with Gasteiger partial charge in [0.15, 0.2) is 0 Å². The first-order valence-corrected chi connectivity index (χ1v) is 10.8. The topological polar surface area (TPSA) is 29.5 Å². The summed E-state index contributed by atoms with van der Waals surface area (Å²) in [6.07, 6.45) is -6.11. The number of carbonyl (C=O) groups is 1. The maximum atomic E-state index is 13.3. The van der Waals surface area contributed by atoms with Gasteiger partial charge in [0.1, 0.15) is 5.75 Å². The maximum Gasteiger partial charge on any atom is 0.416 e. The number of halogens is 6. The summed E-state index contributed by atoms with van der Waals surface area (Å²) < 4.78 is 82.3. The predicted molar refractivity (Wildman–Crippen MR) is 109 cm³/mol. The van der Waals surface area contributed by atoms with Crippen molar-refractivity contribution in [2.24, 2.45) is 5.92 Å². The van der Waals surface area contributed by atoms with Crippen LogP contribution in [0.5, 0.6) is 5.75 Å². The Morgan fingerprint density at radius 2 is 1.45 bits per heavy atom. The Hall–Kier alpha value is -2.71. The number of alkyl halides is 6. The van der Waals surface area contributed by atoms with Crippen LogP contribution in [0.2, 0.25) is 0 Å². The summed E-state index contributed by atoms with van der Waals surface area (Å²) in [5.74, 6) is 0.277. The molecule has 33 heavy (non-hydrogen) atoms. The lowest BCUT2D eigenvalue weighted by Crippen LogP contribution is -2.50. The van der Waals surface area contributed by atoms with Crippen molar-refractivity contribution < 1.29 is 35.9 Å². The molecule has 2 fully saturated rings. The van der Waals surface area contributed by atoms with Crippen molar-refractivity contribution in [2.75, 3.05) is 19.7 Å². The van der Waals surface area contributed by atoms with Crippen molar-refractivity contribution in [3.05, 3.63) is 65.2 Å². The third kappa shape index (κ3) is 4.82. The van der Waals surface area contributed by atoms with Gasteiger partial charge >= 0.3 is 12.4 Å². The molecule has 1 saturated heterocycles. The summed E-state index contributed by atoms with van der Waals surface area (Å²) >= 11 is 0. The van der Waals surface area contributed by atoms with Gasteiger partial charge in [0.2, 0.25) is 5.91 Å². The van der Waals surface area contributed by atoms with Crippen LogP contribution in [-0.4, -0.2) is 30.5 Å². The fraction of sp³-hybridized carbons (Fsp3) is 0.458. The number of likely N-dealkylation sites (tertiary alicyclic amines) is 1. The molecule has 0 spiro atoms. The molecule has 2 aliphatic rings. The van der Waals surface area contributed by atoms with Gasteiger partial charge in [0.25, 0.3) is 0 Å². The summed E-state index contributed by atoms with van der Waals surface area (Å²) in [5, 5.41) is 0. The van der Waals surface area contributed by atoms with E-state index in [1.165, 1.54) is 24.3 Å². The van der Waals surface area contributed by atoms with Gasteiger partial charge in [-0.15, -0.1) is 0 Å². The van der Waals surface area contributed by atoms with Crippen LogP contribution in [0.1, 0.15) is 42.4 Å². The molecule has 1 heterocycles. The second kappa shape index (κ2) is 8.57. The number of carbonyl (C=O) groups excluding carboxylic acids is 1. The number of amides is 1. The summed E-state index contributed by atoms with van der Waals surface area (Å²) in [5.41, 5.74) is -1.67. The normalized spacial score (nSPS) is 20.4. The summed E-state index contributed by atoms with van der Waals surface area (Å²) in [6.45, 7) is 1.23. The summed E-state index contributed by atoms with van der Waals surface area (Å²) in [7, 11) is 0. The first-order chi connectivity index (χ1) is 15.5. The van der Waals surface area contributed by atoms with Gasteiger partial charge in [0, 0.05) is 19.0 Å². The van der Waals surface area contributed by atoms with Gasteiger partial charge in [0.05, 0.1) is 23.1 Å². The molecule has 2 aromatic rings. The Kier molecular flexibility index (Phi) is 6.09. The summed E-state index contributed by atoms with van der Waals surface area (Å²) in [6, 6.07) is 9.32. The van der Waals surface area contributed by atoms with E-state index >= 15 is 0 Å². The lowest BCUT2D eigenvalue weighted by atomic mass is 9.63. The molecule has 0 aromatic heterocycles. The van der Waals surface area contributed by atoms with E-state index in [9.17, 15) is 31.1 Å². The highest BCUT2D eigenvalue weighted by Gasteiger charge is 2.49. The van der Waals surface area contributed by atoms with E-state index in [0.29, 0.717) is 43.7 Å². The molecule has 4 rings (SSSR count). The first kappa shape index (κ1) is 23.4. The largest absolute Gasteiger partial charge is 0.493 e. The van der Waals surface area contributed by atoms with Crippen molar-refractivity contribution in [1.29, 1.82) is 0 Å². The zero-order chi connectivity index (χ0) is 23.9. The number of nitrogens with zero attached hydrogens (tertiary/aromatic N) is 1. The fourth-order valence-corrected chi connectivity index (χ4v) is 4.54. The average molecular weight is 471 g/mol. The lowest BCUT2D eigenvalue weighted by Gasteiger charge is -2.43. The van der Waals surface area contributed by atoms with Crippen LogP contribution < -0.4 is 4.74 Å². The van der Waals surface area contributed by atoms with E-state index in [0.717, 1.165) is 30.7 Å². The Labute approximate surface area is 187 Å². The van der Waals surface area contributed by atoms with Crippen LogP contribution in [0.3, 0.4) is 0 Å². The smallest absolute Gasteiger partial charge is 0.416 e. The van der Waals surface area contributed by atoms with E-state index in [1.54, 1.807) is 4.90 Å². The monoisotopic (exact) mass is 471 g/mol. The van der Waals surface area contributed by atoms with Crippen molar-refractivity contribution in [3.63, 3.8) is 0 Å². The quantitative estimate of drug-likeness (QED) is 0.495. The highest BCUT2D eigenvalue weighted by molar-refractivity contribution is 5.89. The molecule has 2 aromatic carbocycles. The van der Waals surface area contributed by atoms with Gasteiger partial charge < -0.3 is 9.64 Å². The van der Waals surface area contributed by atoms with Crippen LogP contribution in [0.15, 0.2) is 48.5 Å². The minimum atomic E-state index is -4.43. The number of benzene rings is 2. The van der Waals surface area contributed by atoms with Gasteiger partial charge in [-0.05, 0) is 61.2 Å². The molecule has 9 heteroatoms. The molecule has 0 radical (unpaired) electrons. The van der Waals surface area contributed by atoms with Gasteiger partial charge in [-0.1, -0.05) is 18.6 Å². The zero-order valence-electron chi connectivity index (χ0n) is 17.7. The van der Waals surface area contributed by atoms with E-state index in [2.05, 4.69) is 0 Å². The second-order valence-corrected chi connectivity index (χ2v) is 8.75. The molecule has 1 aliphatic heterocycles. The molecule has 1 amide bonds. The van der Waals surface area contributed by atoms with Crippen LogP contribution in [-0.2, 0) is 22.6 Å². The van der Waals surface area contributed by atoms with Crippen molar-refractivity contribution in [1.82, 2.24) is 4.90 Å². The van der Waals surface area contributed by atoms with Gasteiger partial charge in [-0.2, -0.15) is 26.3 Å². The summed E-state index contributed by atoms with van der Waals surface area (Å²) in [4.78, 5) is 15.1. The fourth-order valence-electron chi connectivity index (χ4n) is 4.54. The number of hydrogen-bond donors (Lipinski definition) is 0. The van der Waals surface area contributed by atoms with Crippen LogP contribution in [0.4, 0.5) is 26.3 Å². The molecule has 0 unspecified atom stereocenters. The molecule has 1 atom stereocenters. The highest BCUT2D eigenvalue weighted by Crippen LogP contribution is 2.46. The molecule has 0 bridgehead atoms. The standard InChI is InChI=1S/C24H23F6NO2/c25-23(26,27)18-4-2-17(3-5-18)22(11-1-12-22)21(32)31-13-10-16(14-31)15-33-20-8-6-19(7-9-20)24(28,29)30/h2-9,16H,1,10-15H2/t16-/m1/s1. The van der Waals surface area contributed by atoms with E-state index in [1.807, 2.05) is 0 Å². The van der Waals surface area contributed by atoms with Crippen molar-refractivity contribution in [2.45, 2.75) is 43.5 Å². The molecule has 1 saturated carbocycles. The highest BCUT2D eigenvalue weighted by atomic mass is 19.4. The van der Waals surface area contributed by atoms with Gasteiger partial charge in [-0.25, -0.2) is 0 Å². The van der Waals surface area contributed by atoms with Crippen LogP contribution >= 0.6 is 0 Å². The maximum absolute atomic E-state index is 13.3. The Morgan fingerprint density at radius 1 is 0.909 bits per heavy atom. The van der Waals surface area contributed by atoms with Crippen molar-refractivity contribution >= 4 is 5.91 Å². The third-order valence-corrected chi connectivity index (χ3v) is 6.62. The Balaban J connectivity index is 1.36. The van der Waals surface area contributed by atoms with E-state index in [-0.39, 0.29) is 18.4 Å². The van der Waals surface area contributed by atoms with Crippen LogP contribution in [0, 0.1) is 5.92 Å². The SMILES string of the molecule is O=C(N1CC[C@@H](COc2ccc(C(F)(F)F)cc2)C1)C1(c2ccc(C(F)(F)F)cc2)CCC1. The van der Waals surface area contributed by atoms with Crippen molar-refractivity contribution in [3.8, 4) is 5.75 Å². The van der Waals surface area contributed by atoms with E-state index in [4.69, 9.17) is 4.74 Å². The zero-order valence-corrected chi connectivity index (χ0v) is 17.7. The molecule has 1 aliphatic carbocycles. The lowest BCUT2D eigenvalue weighted by molar-refractivity contribution is -0.140. The average Bonchev–Trinajstić information content (AvgIpc) is 3.20. The second-order valence-electron chi connectivity index (χ2n) is 8.75. The third-order valence-electron chi connectivity index (χ3n) is 6.62. The minimum absolute atomic E-state index is 0.0287. The Morgan fingerprint density at radius 3 is 1.94 bits per heavy atom. The molecular weight excluding hydrogens is 448 g/mol. The van der Waals surface area contributed by atoms with Crippen LogP contribution in [0.25, 0.3) is 0 Å². The molecular formula is C24H23F6NO2. The minimum Gasteiger partial charge on any atom is -0.493 e. The first-order valence-electron chi connectivity index (χ1n) is 10.8.